The van der Waals surface area contributed by atoms with Gasteiger partial charge in [-0.05, 0) is 43.4 Å². The van der Waals surface area contributed by atoms with Crippen molar-refractivity contribution in [2.45, 2.75) is 38.3 Å². The van der Waals surface area contributed by atoms with E-state index in [0.717, 1.165) is 29.3 Å². The van der Waals surface area contributed by atoms with Crippen LogP contribution in [0, 0.1) is 0 Å². The van der Waals surface area contributed by atoms with Gasteiger partial charge in [0.1, 0.15) is 6.10 Å². The molecule has 0 radical (unpaired) electrons. The molecule has 3 aromatic rings. The first-order chi connectivity index (χ1) is 12.7. The molecule has 4 rings (SSSR count). The second-order valence-electron chi connectivity index (χ2n) is 6.88. The number of carbonyl (C=O) groups excluding carboxylic acids is 1. The standard InChI is InChI=1S/C21H23N3O2/c1-24-14-18(17-8-4-5-9-19(17)24)21(25)23-13-15-10-11-22-20(12-15)26-16-6-2-3-7-16/h4-5,8-12,14,16H,2-3,6-7,13H2,1H3,(H,23,25). The lowest BCUT2D eigenvalue weighted by molar-refractivity contribution is 0.0952. The van der Waals surface area contributed by atoms with Gasteiger partial charge in [0.25, 0.3) is 5.91 Å². The average molecular weight is 349 g/mol. The summed E-state index contributed by atoms with van der Waals surface area (Å²) in [6, 6.07) is 11.7. The number of aromatic nitrogens is 2. The van der Waals surface area contributed by atoms with Crippen molar-refractivity contribution in [1.82, 2.24) is 14.9 Å². The number of benzene rings is 1. The summed E-state index contributed by atoms with van der Waals surface area (Å²) in [5.74, 6) is 0.575. The quantitative estimate of drug-likeness (QED) is 0.762. The normalized spacial score (nSPS) is 14.7. The first-order valence-electron chi connectivity index (χ1n) is 9.14. The molecule has 1 saturated carbocycles. The highest BCUT2D eigenvalue weighted by atomic mass is 16.5. The summed E-state index contributed by atoms with van der Waals surface area (Å²) in [5.41, 5.74) is 2.73. The number of rotatable bonds is 5. The van der Waals surface area contributed by atoms with E-state index in [9.17, 15) is 4.79 Å². The molecule has 0 atom stereocenters. The summed E-state index contributed by atoms with van der Waals surface area (Å²) >= 11 is 0. The lowest BCUT2D eigenvalue weighted by atomic mass is 10.1. The van der Waals surface area contributed by atoms with Gasteiger partial charge in [0.2, 0.25) is 5.88 Å². The summed E-state index contributed by atoms with van der Waals surface area (Å²) in [4.78, 5) is 16.9. The number of aryl methyl sites for hydroxylation is 1. The number of pyridine rings is 1. The van der Waals surface area contributed by atoms with E-state index >= 15 is 0 Å². The van der Waals surface area contributed by atoms with Crippen molar-refractivity contribution >= 4 is 16.8 Å². The van der Waals surface area contributed by atoms with Crippen LogP contribution in [-0.2, 0) is 13.6 Å². The third-order valence-corrected chi connectivity index (χ3v) is 4.98. The minimum Gasteiger partial charge on any atom is -0.474 e. The smallest absolute Gasteiger partial charge is 0.253 e. The van der Waals surface area contributed by atoms with Crippen molar-refractivity contribution < 1.29 is 9.53 Å². The molecule has 1 aliphatic rings. The molecule has 1 aromatic carbocycles. The summed E-state index contributed by atoms with van der Waals surface area (Å²) in [5, 5.41) is 3.97. The molecular formula is C21H23N3O2. The van der Waals surface area contributed by atoms with E-state index in [1.807, 2.05) is 54.2 Å². The van der Waals surface area contributed by atoms with Crippen molar-refractivity contribution in [2.24, 2.45) is 7.05 Å². The van der Waals surface area contributed by atoms with Crippen LogP contribution in [0.4, 0.5) is 0 Å². The largest absolute Gasteiger partial charge is 0.474 e. The van der Waals surface area contributed by atoms with Gasteiger partial charge in [-0.25, -0.2) is 4.98 Å². The molecule has 5 heteroatoms. The Labute approximate surface area is 153 Å². The topological polar surface area (TPSA) is 56.2 Å². The minimum atomic E-state index is -0.0723. The van der Waals surface area contributed by atoms with Crippen LogP contribution in [-0.4, -0.2) is 21.6 Å². The number of fused-ring (bicyclic) bond motifs is 1. The molecule has 1 fully saturated rings. The summed E-state index contributed by atoms with van der Waals surface area (Å²) < 4.78 is 7.92. The predicted octanol–water partition coefficient (Wildman–Crippen LogP) is 3.82. The van der Waals surface area contributed by atoms with Gasteiger partial charge < -0.3 is 14.6 Å². The van der Waals surface area contributed by atoms with E-state index in [0.29, 0.717) is 18.0 Å². The van der Waals surface area contributed by atoms with Gasteiger partial charge in [0.15, 0.2) is 0 Å². The van der Waals surface area contributed by atoms with Crippen LogP contribution in [0.1, 0.15) is 41.6 Å². The number of ether oxygens (including phenoxy) is 1. The van der Waals surface area contributed by atoms with Gasteiger partial charge in [-0.3, -0.25) is 4.79 Å². The molecule has 1 aliphatic carbocycles. The van der Waals surface area contributed by atoms with Gasteiger partial charge in [0, 0.05) is 43.0 Å². The number of carbonyl (C=O) groups is 1. The summed E-state index contributed by atoms with van der Waals surface area (Å²) in [7, 11) is 1.95. The number of hydrogen-bond acceptors (Lipinski definition) is 3. The van der Waals surface area contributed by atoms with Crippen LogP contribution in [0.15, 0.2) is 48.8 Å². The zero-order valence-electron chi connectivity index (χ0n) is 14.9. The van der Waals surface area contributed by atoms with Crippen molar-refractivity contribution in [1.29, 1.82) is 0 Å². The molecule has 1 N–H and O–H groups in total. The van der Waals surface area contributed by atoms with Crippen LogP contribution in [0.5, 0.6) is 5.88 Å². The van der Waals surface area contributed by atoms with Crippen LogP contribution in [0.2, 0.25) is 0 Å². The maximum atomic E-state index is 12.6. The molecule has 1 amide bonds. The average Bonchev–Trinajstić information content (AvgIpc) is 3.28. The lowest BCUT2D eigenvalue weighted by Gasteiger charge is -2.12. The molecule has 0 unspecified atom stereocenters. The van der Waals surface area contributed by atoms with Crippen LogP contribution in [0.25, 0.3) is 10.9 Å². The van der Waals surface area contributed by atoms with Crippen LogP contribution in [0.3, 0.4) is 0 Å². The number of nitrogens with zero attached hydrogens (tertiary/aromatic N) is 2. The molecule has 26 heavy (non-hydrogen) atoms. The van der Waals surface area contributed by atoms with E-state index in [1.54, 1.807) is 6.20 Å². The van der Waals surface area contributed by atoms with Gasteiger partial charge >= 0.3 is 0 Å². The van der Waals surface area contributed by atoms with Gasteiger partial charge in [-0.15, -0.1) is 0 Å². The van der Waals surface area contributed by atoms with Crippen molar-refractivity contribution in [3.8, 4) is 5.88 Å². The summed E-state index contributed by atoms with van der Waals surface area (Å²) in [6.07, 6.45) is 8.55. The monoisotopic (exact) mass is 349 g/mol. The molecule has 5 nitrogen and oxygen atoms in total. The molecule has 134 valence electrons. The molecule has 0 saturated heterocycles. The van der Waals surface area contributed by atoms with Gasteiger partial charge in [-0.2, -0.15) is 0 Å². The minimum absolute atomic E-state index is 0.0723. The maximum absolute atomic E-state index is 12.6. The zero-order valence-corrected chi connectivity index (χ0v) is 14.9. The van der Waals surface area contributed by atoms with Crippen molar-refractivity contribution in [3.63, 3.8) is 0 Å². The van der Waals surface area contributed by atoms with Crippen molar-refractivity contribution in [2.75, 3.05) is 0 Å². The third kappa shape index (κ3) is 3.43. The Morgan fingerprint density at radius 1 is 1.27 bits per heavy atom. The molecular weight excluding hydrogens is 326 g/mol. The SMILES string of the molecule is Cn1cc(C(=O)NCc2ccnc(OC3CCCC3)c2)c2ccccc21. The van der Waals surface area contributed by atoms with Crippen molar-refractivity contribution in [3.05, 3.63) is 59.9 Å². The Morgan fingerprint density at radius 2 is 2.08 bits per heavy atom. The van der Waals surface area contributed by atoms with Gasteiger partial charge in [0.05, 0.1) is 5.56 Å². The molecule has 0 aliphatic heterocycles. The Bertz CT molecular complexity index is 926. The predicted molar refractivity (Wildman–Crippen MR) is 101 cm³/mol. The highest BCUT2D eigenvalue weighted by molar-refractivity contribution is 6.06. The Kier molecular flexibility index (Phi) is 4.61. The Hall–Kier alpha value is -2.82. The maximum Gasteiger partial charge on any atom is 0.253 e. The first-order valence-corrected chi connectivity index (χ1v) is 9.14. The number of hydrogen-bond donors (Lipinski definition) is 1. The second-order valence-corrected chi connectivity index (χ2v) is 6.88. The van der Waals surface area contributed by atoms with E-state index in [2.05, 4.69) is 10.3 Å². The number of para-hydroxylation sites is 1. The lowest BCUT2D eigenvalue weighted by Crippen LogP contribution is -2.22. The highest BCUT2D eigenvalue weighted by Crippen LogP contribution is 2.23. The second kappa shape index (κ2) is 7.20. The van der Waals surface area contributed by atoms with Gasteiger partial charge in [-0.1, -0.05) is 18.2 Å². The number of amides is 1. The van der Waals surface area contributed by atoms with E-state index in [1.165, 1.54) is 12.8 Å². The van der Waals surface area contributed by atoms with E-state index in [-0.39, 0.29) is 12.0 Å². The van der Waals surface area contributed by atoms with E-state index in [4.69, 9.17) is 4.74 Å². The summed E-state index contributed by atoms with van der Waals surface area (Å²) in [6.45, 7) is 0.450. The molecule has 2 heterocycles. The molecule has 0 bridgehead atoms. The number of nitrogens with one attached hydrogen (secondary N) is 1. The molecule has 2 aromatic heterocycles. The zero-order chi connectivity index (χ0) is 17.9. The fraction of sp³-hybridized carbons (Fsp3) is 0.333. The fourth-order valence-electron chi connectivity index (χ4n) is 3.60. The highest BCUT2D eigenvalue weighted by Gasteiger charge is 2.17. The molecule has 0 spiro atoms. The fourth-order valence-corrected chi connectivity index (χ4v) is 3.60. The van der Waals surface area contributed by atoms with E-state index < -0.39 is 0 Å². The third-order valence-electron chi connectivity index (χ3n) is 4.98. The Morgan fingerprint density at radius 3 is 2.92 bits per heavy atom. The van der Waals surface area contributed by atoms with Crippen LogP contribution < -0.4 is 10.1 Å². The Balaban J connectivity index is 1.44. The van der Waals surface area contributed by atoms with Crippen LogP contribution >= 0.6 is 0 Å². The first kappa shape index (κ1) is 16.6.